The van der Waals surface area contributed by atoms with Gasteiger partial charge in [0.25, 0.3) is 0 Å². The highest BCUT2D eigenvalue weighted by Crippen LogP contribution is 2.27. The van der Waals surface area contributed by atoms with Crippen LogP contribution in [-0.2, 0) is 0 Å². The van der Waals surface area contributed by atoms with E-state index in [1.54, 1.807) is 13.0 Å². The van der Waals surface area contributed by atoms with Crippen LogP contribution in [0.2, 0.25) is 0 Å². The summed E-state index contributed by atoms with van der Waals surface area (Å²) in [6.07, 6.45) is 0. The van der Waals surface area contributed by atoms with Crippen LogP contribution in [0, 0.1) is 19.7 Å². The summed E-state index contributed by atoms with van der Waals surface area (Å²) >= 11 is 0. The lowest BCUT2D eigenvalue weighted by atomic mass is 10.0. The van der Waals surface area contributed by atoms with Crippen LogP contribution >= 0.6 is 0 Å². The molecule has 0 aliphatic carbocycles. The third-order valence-corrected chi connectivity index (χ3v) is 3.06. The first-order valence-corrected chi connectivity index (χ1v) is 6.82. The van der Waals surface area contributed by atoms with E-state index in [9.17, 15) is 4.39 Å². The number of aromatic amines is 1. The van der Waals surface area contributed by atoms with E-state index in [4.69, 9.17) is 0 Å². The maximum absolute atomic E-state index is 13.2. The molecule has 0 atom stereocenters. The molecule has 2 rings (SSSR count). The zero-order chi connectivity index (χ0) is 14.6. The second-order valence-corrected chi connectivity index (χ2v) is 4.73. The van der Waals surface area contributed by atoms with Gasteiger partial charge in [-0.25, -0.2) is 4.39 Å². The van der Waals surface area contributed by atoms with Gasteiger partial charge in [0.1, 0.15) is 5.82 Å². The number of nitrogens with zero attached hydrogens (tertiary/aromatic N) is 1. The van der Waals surface area contributed by atoms with Crippen LogP contribution in [0.3, 0.4) is 0 Å². The molecule has 1 aromatic carbocycles. The molecule has 1 aromatic heterocycles. The predicted octanol–water partition coefficient (Wildman–Crippen LogP) is 5.23. The van der Waals surface area contributed by atoms with Gasteiger partial charge < -0.3 is 0 Å². The van der Waals surface area contributed by atoms with Crippen LogP contribution in [-0.4, -0.2) is 10.2 Å². The summed E-state index contributed by atoms with van der Waals surface area (Å²) in [6, 6.07) is 5.10. The number of hydrogen-bond acceptors (Lipinski definition) is 1. The van der Waals surface area contributed by atoms with Gasteiger partial charge in [0.05, 0.1) is 5.69 Å². The van der Waals surface area contributed by atoms with E-state index in [2.05, 4.69) is 24.0 Å². The van der Waals surface area contributed by atoms with Crippen molar-refractivity contribution in [2.45, 2.75) is 47.5 Å². The standard InChI is InChI=1S/C14H17FN2.C2H6.H2/c1-8(2)13-10(4)14(17-16-13)11-5-6-12(15)9(3)7-11;1-2;/h5-8H,1-4H3,(H,16,17);1-2H3;1H. The van der Waals surface area contributed by atoms with E-state index in [0.29, 0.717) is 11.5 Å². The molecular formula is C16H25FN2. The Morgan fingerprint density at radius 1 is 1.21 bits per heavy atom. The minimum absolute atomic E-state index is 0. The molecule has 0 saturated carbocycles. The van der Waals surface area contributed by atoms with Crippen LogP contribution in [0.25, 0.3) is 11.3 Å². The van der Waals surface area contributed by atoms with Gasteiger partial charge in [-0.05, 0) is 49.1 Å². The van der Waals surface area contributed by atoms with Crippen molar-refractivity contribution in [1.29, 1.82) is 0 Å². The van der Waals surface area contributed by atoms with Crippen LogP contribution in [0.4, 0.5) is 4.39 Å². The van der Waals surface area contributed by atoms with Crippen molar-refractivity contribution in [1.82, 2.24) is 10.2 Å². The van der Waals surface area contributed by atoms with Gasteiger partial charge in [-0.15, -0.1) is 0 Å². The molecular weight excluding hydrogens is 239 g/mol. The first-order chi connectivity index (χ1) is 9.00. The van der Waals surface area contributed by atoms with Crippen molar-refractivity contribution in [3.8, 4) is 11.3 Å². The summed E-state index contributed by atoms with van der Waals surface area (Å²) < 4.78 is 13.2. The Bertz CT molecular complexity index is 547. The normalized spacial score (nSPS) is 10.3. The van der Waals surface area contributed by atoms with Gasteiger partial charge in [-0.3, -0.25) is 5.10 Å². The average molecular weight is 264 g/mol. The lowest BCUT2D eigenvalue weighted by Crippen LogP contribution is -1.90. The lowest BCUT2D eigenvalue weighted by molar-refractivity contribution is 0.618. The molecule has 0 amide bonds. The minimum atomic E-state index is -0.175. The molecule has 2 nitrogen and oxygen atoms in total. The summed E-state index contributed by atoms with van der Waals surface area (Å²) in [6.45, 7) is 12.1. The summed E-state index contributed by atoms with van der Waals surface area (Å²) in [5, 5.41) is 7.39. The van der Waals surface area contributed by atoms with Crippen LogP contribution in [0.5, 0.6) is 0 Å². The minimum Gasteiger partial charge on any atom is -0.281 e. The van der Waals surface area contributed by atoms with E-state index in [1.165, 1.54) is 6.07 Å². The summed E-state index contributed by atoms with van der Waals surface area (Å²) in [7, 11) is 0. The Morgan fingerprint density at radius 3 is 2.32 bits per heavy atom. The third kappa shape index (κ3) is 3.22. The first kappa shape index (κ1) is 15.4. The predicted molar refractivity (Wildman–Crippen MR) is 81.0 cm³/mol. The fourth-order valence-electron chi connectivity index (χ4n) is 2.05. The highest BCUT2D eigenvalue weighted by Gasteiger charge is 2.13. The SMILES string of the molecule is CC.Cc1cc(-c2n[nH]c(C(C)C)c2C)ccc1F.[HH]. The molecule has 19 heavy (non-hydrogen) atoms. The molecule has 1 N–H and O–H groups in total. The Morgan fingerprint density at radius 2 is 1.84 bits per heavy atom. The number of rotatable bonds is 2. The number of H-pyrrole nitrogens is 1. The Hall–Kier alpha value is -1.64. The lowest BCUT2D eigenvalue weighted by Gasteiger charge is -2.04. The van der Waals surface area contributed by atoms with Gasteiger partial charge >= 0.3 is 0 Å². The summed E-state index contributed by atoms with van der Waals surface area (Å²) in [5.74, 6) is 0.240. The average Bonchev–Trinajstić information content (AvgIpc) is 2.77. The first-order valence-electron chi connectivity index (χ1n) is 6.82. The Balaban J connectivity index is 0.00000115. The van der Waals surface area contributed by atoms with E-state index in [0.717, 1.165) is 22.5 Å². The molecule has 0 spiro atoms. The number of benzene rings is 1. The molecule has 106 valence electrons. The number of hydrogen-bond donors (Lipinski definition) is 1. The second kappa shape index (κ2) is 6.50. The molecule has 0 bridgehead atoms. The van der Waals surface area contributed by atoms with Gasteiger partial charge in [-0.2, -0.15) is 5.10 Å². The monoisotopic (exact) mass is 264 g/mol. The zero-order valence-electron chi connectivity index (χ0n) is 12.6. The third-order valence-electron chi connectivity index (χ3n) is 3.06. The molecule has 2 aromatic rings. The molecule has 3 heteroatoms. The van der Waals surface area contributed by atoms with Crippen molar-refractivity contribution in [2.75, 3.05) is 0 Å². The number of halogens is 1. The highest BCUT2D eigenvalue weighted by atomic mass is 19.1. The smallest absolute Gasteiger partial charge is 0.126 e. The highest BCUT2D eigenvalue weighted by molar-refractivity contribution is 5.64. The van der Waals surface area contributed by atoms with E-state index < -0.39 is 0 Å². The van der Waals surface area contributed by atoms with Gasteiger partial charge in [-0.1, -0.05) is 27.7 Å². The van der Waals surface area contributed by atoms with Crippen molar-refractivity contribution >= 4 is 0 Å². The van der Waals surface area contributed by atoms with E-state index >= 15 is 0 Å². The van der Waals surface area contributed by atoms with Crippen molar-refractivity contribution in [3.05, 3.63) is 40.8 Å². The van der Waals surface area contributed by atoms with Gasteiger partial charge in [0.2, 0.25) is 0 Å². The second-order valence-electron chi connectivity index (χ2n) is 4.73. The topological polar surface area (TPSA) is 28.7 Å². The van der Waals surface area contributed by atoms with Crippen LogP contribution in [0.15, 0.2) is 18.2 Å². The fraction of sp³-hybridized carbons (Fsp3) is 0.438. The number of nitrogens with one attached hydrogen (secondary N) is 1. The van der Waals surface area contributed by atoms with Crippen LogP contribution in [0.1, 0.15) is 51.9 Å². The number of aromatic nitrogens is 2. The molecule has 0 saturated heterocycles. The van der Waals surface area contributed by atoms with Crippen molar-refractivity contribution < 1.29 is 5.82 Å². The number of aryl methyl sites for hydroxylation is 1. The largest absolute Gasteiger partial charge is 0.281 e. The van der Waals surface area contributed by atoms with Crippen molar-refractivity contribution in [2.24, 2.45) is 0 Å². The molecule has 0 unspecified atom stereocenters. The van der Waals surface area contributed by atoms with Crippen molar-refractivity contribution in [3.63, 3.8) is 0 Å². The molecule has 1 heterocycles. The zero-order valence-corrected chi connectivity index (χ0v) is 12.6. The molecule has 0 fully saturated rings. The molecule has 0 aliphatic heterocycles. The van der Waals surface area contributed by atoms with E-state index in [-0.39, 0.29) is 7.24 Å². The van der Waals surface area contributed by atoms with Gasteiger partial charge in [0, 0.05) is 12.7 Å². The summed E-state index contributed by atoms with van der Waals surface area (Å²) in [5.41, 5.74) is 4.81. The van der Waals surface area contributed by atoms with E-state index in [1.807, 2.05) is 26.8 Å². The molecule has 0 radical (unpaired) electrons. The quantitative estimate of drug-likeness (QED) is 0.790. The maximum Gasteiger partial charge on any atom is 0.126 e. The van der Waals surface area contributed by atoms with Crippen LogP contribution < -0.4 is 0 Å². The molecule has 0 aliphatic rings. The fourth-order valence-corrected chi connectivity index (χ4v) is 2.05. The van der Waals surface area contributed by atoms with Gasteiger partial charge in [0.15, 0.2) is 0 Å². The Labute approximate surface area is 116 Å². The maximum atomic E-state index is 13.2. The summed E-state index contributed by atoms with van der Waals surface area (Å²) in [4.78, 5) is 0. The Kier molecular flexibility index (Phi) is 5.28.